The summed E-state index contributed by atoms with van der Waals surface area (Å²) in [6, 6.07) is 16.3. The van der Waals surface area contributed by atoms with Gasteiger partial charge in [0.1, 0.15) is 6.04 Å². The van der Waals surface area contributed by atoms with Crippen molar-refractivity contribution >= 4 is 29.1 Å². The van der Waals surface area contributed by atoms with Crippen LogP contribution in [0.4, 0.5) is 5.69 Å². The molecular formula is C20H22ClN3O2. The third kappa shape index (κ3) is 4.84. The maximum absolute atomic E-state index is 12.7. The normalized spacial score (nSPS) is 14.7. The van der Waals surface area contributed by atoms with Gasteiger partial charge in [0, 0.05) is 6.04 Å². The Hall–Kier alpha value is -2.37. The van der Waals surface area contributed by atoms with Gasteiger partial charge in [-0.3, -0.25) is 14.5 Å². The van der Waals surface area contributed by atoms with Crippen LogP contribution in [0.2, 0.25) is 5.02 Å². The lowest BCUT2D eigenvalue weighted by atomic mass is 10.0. The monoisotopic (exact) mass is 371 g/mol. The molecule has 2 amide bonds. The number of carbonyl (C=O) groups excluding carboxylic acids is 2. The predicted octanol–water partition coefficient (Wildman–Crippen LogP) is 3.23. The fraction of sp³-hybridized carbons (Fsp3) is 0.300. The summed E-state index contributed by atoms with van der Waals surface area (Å²) in [5.41, 5.74) is 1.42. The van der Waals surface area contributed by atoms with Gasteiger partial charge >= 0.3 is 0 Å². The molecule has 0 saturated heterocycles. The number of carbonyl (C=O) groups is 2. The number of hydrogen-bond donors (Lipinski definition) is 2. The second-order valence-corrected chi connectivity index (χ2v) is 6.95. The summed E-state index contributed by atoms with van der Waals surface area (Å²) in [7, 11) is 1.77. The molecular weight excluding hydrogens is 350 g/mol. The maximum atomic E-state index is 12.7. The molecule has 1 fully saturated rings. The van der Waals surface area contributed by atoms with Crippen LogP contribution in [0, 0.1) is 0 Å². The molecule has 136 valence electrons. The van der Waals surface area contributed by atoms with E-state index >= 15 is 0 Å². The van der Waals surface area contributed by atoms with Crippen molar-refractivity contribution in [2.45, 2.75) is 24.9 Å². The third-order valence-corrected chi connectivity index (χ3v) is 4.60. The van der Waals surface area contributed by atoms with E-state index < -0.39 is 6.04 Å². The van der Waals surface area contributed by atoms with E-state index in [0.29, 0.717) is 10.7 Å². The zero-order chi connectivity index (χ0) is 18.5. The van der Waals surface area contributed by atoms with Gasteiger partial charge in [0.05, 0.1) is 17.3 Å². The summed E-state index contributed by atoms with van der Waals surface area (Å²) in [6.45, 7) is 0.0723. The fourth-order valence-electron chi connectivity index (χ4n) is 2.82. The van der Waals surface area contributed by atoms with E-state index in [1.165, 1.54) is 0 Å². The van der Waals surface area contributed by atoms with Crippen LogP contribution in [0.5, 0.6) is 0 Å². The zero-order valence-electron chi connectivity index (χ0n) is 14.6. The summed E-state index contributed by atoms with van der Waals surface area (Å²) in [5, 5.41) is 6.31. The van der Waals surface area contributed by atoms with E-state index in [1.807, 2.05) is 30.3 Å². The Morgan fingerprint density at radius 2 is 1.77 bits per heavy atom. The Kier molecular flexibility index (Phi) is 5.91. The highest BCUT2D eigenvalue weighted by Gasteiger charge is 2.31. The van der Waals surface area contributed by atoms with Gasteiger partial charge in [0.25, 0.3) is 0 Å². The first kappa shape index (κ1) is 18.4. The van der Waals surface area contributed by atoms with Crippen LogP contribution in [0.3, 0.4) is 0 Å². The number of likely N-dealkylation sites (N-methyl/N-ethyl adjacent to an activating group) is 1. The number of benzene rings is 2. The second-order valence-electron chi connectivity index (χ2n) is 6.54. The minimum atomic E-state index is -0.520. The average molecular weight is 372 g/mol. The number of amides is 2. The van der Waals surface area contributed by atoms with Crippen molar-refractivity contribution in [1.29, 1.82) is 0 Å². The van der Waals surface area contributed by atoms with Crippen molar-refractivity contribution < 1.29 is 9.59 Å². The van der Waals surface area contributed by atoms with Gasteiger partial charge in [0.15, 0.2) is 0 Å². The van der Waals surface area contributed by atoms with E-state index in [2.05, 4.69) is 10.6 Å². The van der Waals surface area contributed by atoms with E-state index in [1.54, 1.807) is 36.2 Å². The SMILES string of the molecule is CN(CC(=O)Nc1ccccc1Cl)C(C(=O)NC1CC1)c1ccccc1. The van der Waals surface area contributed by atoms with E-state index in [-0.39, 0.29) is 24.4 Å². The fourth-order valence-corrected chi connectivity index (χ4v) is 3.00. The quantitative estimate of drug-likeness (QED) is 0.785. The van der Waals surface area contributed by atoms with E-state index in [4.69, 9.17) is 11.6 Å². The van der Waals surface area contributed by atoms with Gasteiger partial charge in [-0.25, -0.2) is 0 Å². The van der Waals surface area contributed by atoms with Gasteiger partial charge in [0.2, 0.25) is 11.8 Å². The molecule has 1 aliphatic carbocycles. The molecule has 0 bridgehead atoms. The zero-order valence-corrected chi connectivity index (χ0v) is 15.4. The molecule has 0 heterocycles. The van der Waals surface area contributed by atoms with Crippen LogP contribution in [0.25, 0.3) is 0 Å². The smallest absolute Gasteiger partial charge is 0.242 e. The van der Waals surface area contributed by atoms with Gasteiger partial charge in [-0.15, -0.1) is 0 Å². The van der Waals surface area contributed by atoms with Crippen LogP contribution in [0.1, 0.15) is 24.4 Å². The highest BCUT2D eigenvalue weighted by atomic mass is 35.5. The molecule has 0 aromatic heterocycles. The lowest BCUT2D eigenvalue weighted by Gasteiger charge is -2.27. The van der Waals surface area contributed by atoms with Gasteiger partial charge in [-0.1, -0.05) is 54.1 Å². The number of hydrogen-bond acceptors (Lipinski definition) is 3. The summed E-state index contributed by atoms with van der Waals surface area (Å²) in [6.07, 6.45) is 2.04. The van der Waals surface area contributed by atoms with E-state index in [0.717, 1.165) is 18.4 Å². The molecule has 2 aromatic rings. The Bertz CT molecular complexity index is 778. The number of nitrogens with zero attached hydrogens (tertiary/aromatic N) is 1. The number of halogens is 1. The molecule has 1 unspecified atom stereocenters. The number of anilines is 1. The molecule has 3 rings (SSSR count). The summed E-state index contributed by atoms with van der Waals surface area (Å²) >= 11 is 6.09. The topological polar surface area (TPSA) is 61.4 Å². The van der Waals surface area contributed by atoms with Gasteiger partial charge in [-0.2, -0.15) is 0 Å². The molecule has 1 saturated carbocycles. The maximum Gasteiger partial charge on any atom is 0.242 e. The molecule has 2 N–H and O–H groups in total. The molecule has 2 aromatic carbocycles. The van der Waals surface area contributed by atoms with Crippen LogP contribution in [0.15, 0.2) is 54.6 Å². The molecule has 1 atom stereocenters. The molecule has 6 heteroatoms. The van der Waals surface area contributed by atoms with E-state index in [9.17, 15) is 9.59 Å². The number of rotatable bonds is 7. The lowest BCUT2D eigenvalue weighted by Crippen LogP contribution is -2.42. The molecule has 1 aliphatic rings. The summed E-state index contributed by atoms with van der Waals surface area (Å²) in [4.78, 5) is 26.9. The standard InChI is InChI=1S/C20H22ClN3O2/c1-24(13-18(25)23-17-10-6-5-9-16(17)21)19(14-7-3-2-4-8-14)20(26)22-15-11-12-15/h2-10,15,19H,11-13H2,1H3,(H,22,26)(H,23,25). The van der Waals surface area contributed by atoms with Crippen molar-refractivity contribution in [2.24, 2.45) is 0 Å². The number of nitrogens with one attached hydrogen (secondary N) is 2. The van der Waals surface area contributed by atoms with Crippen LogP contribution in [-0.2, 0) is 9.59 Å². The first-order chi connectivity index (χ1) is 12.5. The summed E-state index contributed by atoms with van der Waals surface area (Å²) < 4.78 is 0. The second kappa shape index (κ2) is 8.34. The first-order valence-corrected chi connectivity index (χ1v) is 9.02. The highest BCUT2D eigenvalue weighted by Crippen LogP contribution is 2.25. The van der Waals surface area contributed by atoms with Crippen LogP contribution >= 0.6 is 11.6 Å². The van der Waals surface area contributed by atoms with Crippen molar-refractivity contribution in [3.8, 4) is 0 Å². The van der Waals surface area contributed by atoms with Gasteiger partial charge in [-0.05, 0) is 37.6 Å². The Morgan fingerprint density at radius 1 is 1.12 bits per heavy atom. The third-order valence-electron chi connectivity index (χ3n) is 4.27. The van der Waals surface area contributed by atoms with Crippen molar-refractivity contribution in [3.63, 3.8) is 0 Å². The number of para-hydroxylation sites is 1. The lowest BCUT2D eigenvalue weighted by molar-refractivity contribution is -0.127. The summed E-state index contributed by atoms with van der Waals surface area (Å²) in [5.74, 6) is -0.299. The Morgan fingerprint density at radius 3 is 2.42 bits per heavy atom. The Labute approximate surface area is 158 Å². The van der Waals surface area contributed by atoms with Crippen LogP contribution < -0.4 is 10.6 Å². The molecule has 5 nitrogen and oxygen atoms in total. The molecule has 26 heavy (non-hydrogen) atoms. The molecule has 0 aliphatic heterocycles. The Balaban J connectivity index is 1.70. The van der Waals surface area contributed by atoms with Crippen molar-refractivity contribution in [1.82, 2.24) is 10.2 Å². The first-order valence-electron chi connectivity index (χ1n) is 8.64. The van der Waals surface area contributed by atoms with Crippen molar-refractivity contribution in [3.05, 3.63) is 65.2 Å². The minimum absolute atomic E-state index is 0.0723. The predicted molar refractivity (Wildman–Crippen MR) is 103 cm³/mol. The molecule has 0 radical (unpaired) electrons. The largest absolute Gasteiger partial charge is 0.352 e. The average Bonchev–Trinajstić information content (AvgIpc) is 3.42. The molecule has 0 spiro atoms. The minimum Gasteiger partial charge on any atom is -0.352 e. The van der Waals surface area contributed by atoms with Crippen molar-refractivity contribution in [2.75, 3.05) is 18.9 Å². The van der Waals surface area contributed by atoms with Crippen LogP contribution in [-0.4, -0.2) is 36.3 Å². The van der Waals surface area contributed by atoms with Gasteiger partial charge < -0.3 is 10.6 Å². The highest BCUT2D eigenvalue weighted by molar-refractivity contribution is 6.33.